The van der Waals surface area contributed by atoms with E-state index >= 15 is 0 Å². The zero-order valence-corrected chi connectivity index (χ0v) is 13.9. The second-order valence-corrected chi connectivity index (χ2v) is 5.87. The zero-order valence-electron chi connectivity index (χ0n) is 13.1. The Hall–Kier alpha value is -2.80. The number of nitrogens with one attached hydrogen (secondary N) is 1. The summed E-state index contributed by atoms with van der Waals surface area (Å²) in [5, 5.41) is 3.31. The molecule has 1 aromatic carbocycles. The topological polar surface area (TPSA) is 78.0 Å². The molecule has 0 unspecified atom stereocenters. The molecule has 3 rings (SSSR count). The van der Waals surface area contributed by atoms with Crippen molar-refractivity contribution in [2.45, 2.75) is 6.54 Å². The van der Waals surface area contributed by atoms with Gasteiger partial charge in [-0.25, -0.2) is 4.79 Å². The first-order valence-electron chi connectivity index (χ1n) is 7.19. The highest BCUT2D eigenvalue weighted by molar-refractivity contribution is 6.30. The van der Waals surface area contributed by atoms with Gasteiger partial charge in [-0.3, -0.25) is 18.7 Å². The number of carbonyl (C=O) groups is 1. The number of hydrogen-bond donors (Lipinski definition) is 1. The number of fused-ring (bicyclic) bond motifs is 1. The van der Waals surface area contributed by atoms with Crippen molar-refractivity contribution in [2.75, 3.05) is 5.32 Å². The quantitative estimate of drug-likeness (QED) is 0.777. The predicted molar refractivity (Wildman–Crippen MR) is 92.5 cm³/mol. The fourth-order valence-electron chi connectivity index (χ4n) is 2.56. The van der Waals surface area contributed by atoms with Crippen molar-refractivity contribution in [1.82, 2.24) is 13.7 Å². The number of aromatic nitrogens is 3. The first-order chi connectivity index (χ1) is 11.4. The summed E-state index contributed by atoms with van der Waals surface area (Å²) < 4.78 is 3.93. The van der Waals surface area contributed by atoms with Crippen molar-refractivity contribution in [3.8, 4) is 0 Å². The Morgan fingerprint density at radius 3 is 2.42 bits per heavy atom. The summed E-state index contributed by atoms with van der Waals surface area (Å²) in [5.74, 6) is -0.286. The largest absolute Gasteiger partial charge is 0.332 e. The van der Waals surface area contributed by atoms with Gasteiger partial charge in [-0.05, 0) is 30.3 Å². The maximum atomic E-state index is 12.3. The molecule has 2 heterocycles. The maximum absolute atomic E-state index is 12.3. The molecule has 2 aromatic heterocycles. The first-order valence-corrected chi connectivity index (χ1v) is 7.56. The van der Waals surface area contributed by atoms with Gasteiger partial charge in [-0.2, -0.15) is 0 Å². The number of carbonyl (C=O) groups excluding carboxylic acids is 1. The van der Waals surface area contributed by atoms with E-state index in [0.717, 1.165) is 4.57 Å². The van der Waals surface area contributed by atoms with Gasteiger partial charge in [0.05, 0.1) is 5.52 Å². The molecule has 0 aliphatic heterocycles. The molecule has 124 valence electrons. The summed E-state index contributed by atoms with van der Waals surface area (Å²) in [6, 6.07) is 8.38. The molecule has 0 saturated carbocycles. The normalized spacial score (nSPS) is 11.0. The first kappa shape index (κ1) is 16.1. The van der Waals surface area contributed by atoms with E-state index in [-0.39, 0.29) is 12.5 Å². The van der Waals surface area contributed by atoms with E-state index in [1.807, 2.05) is 0 Å². The van der Waals surface area contributed by atoms with E-state index in [2.05, 4.69) is 5.32 Å². The van der Waals surface area contributed by atoms with Crippen LogP contribution in [0, 0.1) is 0 Å². The molecule has 1 amide bonds. The Morgan fingerprint density at radius 1 is 1.08 bits per heavy atom. The third-order valence-electron chi connectivity index (χ3n) is 3.83. The standard InChI is InChI=1S/C16H15ClN4O3/c1-19-12-7-8-21(14(12)15(23)20(2)16(19)24)9-13(22)18-11-5-3-10(17)4-6-11/h3-8H,9H2,1-2H3,(H,18,22). The molecule has 3 aromatic rings. The number of benzene rings is 1. The Kier molecular flexibility index (Phi) is 4.02. The average Bonchev–Trinajstić information content (AvgIpc) is 2.96. The Morgan fingerprint density at radius 2 is 1.75 bits per heavy atom. The van der Waals surface area contributed by atoms with Crippen LogP contribution in [0.2, 0.25) is 5.02 Å². The molecular formula is C16H15ClN4O3. The van der Waals surface area contributed by atoms with Gasteiger partial charge in [0, 0.05) is 31.0 Å². The van der Waals surface area contributed by atoms with Crippen molar-refractivity contribution in [2.24, 2.45) is 14.1 Å². The van der Waals surface area contributed by atoms with E-state index in [1.54, 1.807) is 43.6 Å². The number of aryl methyl sites for hydroxylation is 1. The summed E-state index contributed by atoms with van der Waals surface area (Å²) in [6.45, 7) is -0.0421. The van der Waals surface area contributed by atoms with Crippen LogP contribution in [0.1, 0.15) is 0 Å². The summed E-state index contributed by atoms with van der Waals surface area (Å²) >= 11 is 5.81. The SMILES string of the molecule is Cn1c(=O)c2c(ccn2CC(=O)Nc2ccc(Cl)cc2)n(C)c1=O. The van der Waals surface area contributed by atoms with E-state index in [0.29, 0.717) is 21.7 Å². The molecule has 0 atom stereocenters. The summed E-state index contributed by atoms with van der Waals surface area (Å²) in [5.41, 5.74) is 0.572. The van der Waals surface area contributed by atoms with Gasteiger partial charge in [0.25, 0.3) is 5.56 Å². The van der Waals surface area contributed by atoms with Crippen molar-refractivity contribution in [3.63, 3.8) is 0 Å². The lowest BCUT2D eigenvalue weighted by molar-refractivity contribution is -0.116. The minimum atomic E-state index is -0.433. The zero-order chi connectivity index (χ0) is 17.4. The lowest BCUT2D eigenvalue weighted by Crippen LogP contribution is -2.37. The molecule has 0 spiro atoms. The van der Waals surface area contributed by atoms with Crippen LogP contribution < -0.4 is 16.6 Å². The van der Waals surface area contributed by atoms with Gasteiger partial charge in [0.15, 0.2) is 0 Å². The molecule has 0 bridgehead atoms. The second-order valence-electron chi connectivity index (χ2n) is 5.44. The molecule has 1 N–H and O–H groups in total. The highest BCUT2D eigenvalue weighted by Gasteiger charge is 2.14. The van der Waals surface area contributed by atoms with Crippen molar-refractivity contribution in [1.29, 1.82) is 0 Å². The smallest absolute Gasteiger partial charge is 0.331 e. The van der Waals surface area contributed by atoms with E-state index < -0.39 is 11.2 Å². The Bertz CT molecular complexity index is 1040. The van der Waals surface area contributed by atoms with Crippen LogP contribution in [0.3, 0.4) is 0 Å². The maximum Gasteiger partial charge on any atom is 0.331 e. The number of halogens is 1. The van der Waals surface area contributed by atoms with Gasteiger partial charge < -0.3 is 9.88 Å². The number of nitrogens with zero attached hydrogens (tertiary/aromatic N) is 3. The predicted octanol–water partition coefficient (Wildman–Crippen LogP) is 1.33. The molecule has 0 aliphatic rings. The van der Waals surface area contributed by atoms with Crippen molar-refractivity contribution < 1.29 is 4.79 Å². The van der Waals surface area contributed by atoms with Gasteiger partial charge in [-0.15, -0.1) is 0 Å². The average molecular weight is 347 g/mol. The van der Waals surface area contributed by atoms with Gasteiger partial charge in [-0.1, -0.05) is 11.6 Å². The fourth-order valence-corrected chi connectivity index (χ4v) is 2.68. The molecule has 0 aliphatic carbocycles. The lowest BCUT2D eigenvalue weighted by Gasteiger charge is -2.09. The van der Waals surface area contributed by atoms with E-state index in [1.165, 1.54) is 16.2 Å². The summed E-state index contributed by atoms with van der Waals surface area (Å²) in [4.78, 5) is 36.5. The number of rotatable bonds is 3. The summed E-state index contributed by atoms with van der Waals surface area (Å²) in [7, 11) is 3.00. The van der Waals surface area contributed by atoms with Gasteiger partial charge >= 0.3 is 5.69 Å². The highest BCUT2D eigenvalue weighted by Crippen LogP contribution is 2.14. The van der Waals surface area contributed by atoms with Crippen LogP contribution in [0.5, 0.6) is 0 Å². The van der Waals surface area contributed by atoms with Gasteiger partial charge in [0.2, 0.25) is 5.91 Å². The van der Waals surface area contributed by atoms with E-state index in [9.17, 15) is 14.4 Å². The Labute approximate surface area is 141 Å². The molecule has 0 saturated heterocycles. The number of amides is 1. The lowest BCUT2D eigenvalue weighted by atomic mass is 10.3. The van der Waals surface area contributed by atoms with Crippen molar-refractivity contribution >= 4 is 34.2 Å². The van der Waals surface area contributed by atoms with E-state index in [4.69, 9.17) is 11.6 Å². The number of hydrogen-bond acceptors (Lipinski definition) is 3. The van der Waals surface area contributed by atoms with Crippen LogP contribution in [-0.4, -0.2) is 19.6 Å². The molecule has 0 radical (unpaired) electrons. The van der Waals surface area contributed by atoms with Gasteiger partial charge in [0.1, 0.15) is 12.1 Å². The third-order valence-corrected chi connectivity index (χ3v) is 4.08. The fraction of sp³-hybridized carbons (Fsp3) is 0.188. The molecule has 7 nitrogen and oxygen atoms in total. The minimum Gasteiger partial charge on any atom is -0.332 e. The molecule has 24 heavy (non-hydrogen) atoms. The molecular weight excluding hydrogens is 332 g/mol. The third kappa shape index (κ3) is 2.74. The number of anilines is 1. The molecule has 0 fully saturated rings. The molecule has 8 heteroatoms. The van der Waals surface area contributed by atoms with Crippen LogP contribution >= 0.6 is 11.6 Å². The summed E-state index contributed by atoms with van der Waals surface area (Å²) in [6.07, 6.45) is 1.62. The van der Waals surface area contributed by atoms with Crippen LogP contribution in [0.25, 0.3) is 11.0 Å². The van der Waals surface area contributed by atoms with Crippen molar-refractivity contribution in [3.05, 3.63) is 62.4 Å². The Balaban J connectivity index is 1.93. The minimum absolute atomic E-state index is 0.0421. The van der Waals surface area contributed by atoms with Crippen LogP contribution in [0.4, 0.5) is 5.69 Å². The second kappa shape index (κ2) is 6.01. The van der Waals surface area contributed by atoms with Crippen LogP contribution in [0.15, 0.2) is 46.1 Å². The highest BCUT2D eigenvalue weighted by atomic mass is 35.5. The monoisotopic (exact) mass is 346 g/mol. The van der Waals surface area contributed by atoms with Crippen LogP contribution in [-0.2, 0) is 25.4 Å².